The topological polar surface area (TPSA) is 74.3 Å². The van der Waals surface area contributed by atoms with E-state index in [-0.39, 0.29) is 22.9 Å². The Morgan fingerprint density at radius 1 is 1.32 bits per heavy atom. The third-order valence-corrected chi connectivity index (χ3v) is 3.27. The van der Waals surface area contributed by atoms with Crippen LogP contribution in [0.1, 0.15) is 30.6 Å². The minimum Gasteiger partial charge on any atom is -0.363 e. The van der Waals surface area contributed by atoms with E-state index in [2.05, 4.69) is 15.6 Å². The highest BCUT2D eigenvalue weighted by Gasteiger charge is 2.22. The van der Waals surface area contributed by atoms with Gasteiger partial charge < -0.3 is 15.5 Å². The van der Waals surface area contributed by atoms with E-state index >= 15 is 0 Å². The highest BCUT2D eigenvalue weighted by molar-refractivity contribution is 6.30. The van der Waals surface area contributed by atoms with Crippen LogP contribution in [0.4, 0.5) is 5.82 Å². The van der Waals surface area contributed by atoms with Crippen molar-refractivity contribution in [3.63, 3.8) is 0 Å². The van der Waals surface area contributed by atoms with Gasteiger partial charge in [0.15, 0.2) is 0 Å². The lowest BCUT2D eigenvalue weighted by Gasteiger charge is -2.19. The summed E-state index contributed by atoms with van der Waals surface area (Å²) in [5.74, 6) is 0.302. The molecule has 122 valence electrons. The maximum absolute atomic E-state index is 12.4. The fourth-order valence-electron chi connectivity index (χ4n) is 1.96. The molecule has 0 aliphatic heterocycles. The molecule has 0 fully saturated rings. The zero-order valence-corrected chi connectivity index (χ0v) is 14.4. The third-order valence-electron chi connectivity index (χ3n) is 3.08. The number of amides is 2. The van der Waals surface area contributed by atoms with Crippen LogP contribution in [-0.4, -0.2) is 44.0 Å². The van der Waals surface area contributed by atoms with Crippen molar-refractivity contribution in [2.75, 3.05) is 26.0 Å². The number of anilines is 1. The van der Waals surface area contributed by atoms with Gasteiger partial charge in [0.25, 0.3) is 5.91 Å². The summed E-state index contributed by atoms with van der Waals surface area (Å²) in [4.78, 5) is 30.2. The van der Waals surface area contributed by atoms with Crippen LogP contribution in [0.25, 0.3) is 0 Å². The van der Waals surface area contributed by atoms with Crippen LogP contribution < -0.4 is 15.5 Å². The Morgan fingerprint density at radius 2 is 1.95 bits per heavy atom. The number of nitrogens with one attached hydrogen (secondary N) is 2. The van der Waals surface area contributed by atoms with Crippen molar-refractivity contribution in [1.82, 2.24) is 15.6 Å². The van der Waals surface area contributed by atoms with Crippen LogP contribution in [0.5, 0.6) is 0 Å². The van der Waals surface area contributed by atoms with Gasteiger partial charge in [-0.3, -0.25) is 9.59 Å². The molecule has 0 aliphatic rings. The van der Waals surface area contributed by atoms with Crippen molar-refractivity contribution < 1.29 is 9.59 Å². The van der Waals surface area contributed by atoms with Crippen LogP contribution in [0, 0.1) is 5.92 Å². The minimum atomic E-state index is -0.577. The molecule has 22 heavy (non-hydrogen) atoms. The molecule has 0 bridgehead atoms. The van der Waals surface area contributed by atoms with E-state index in [9.17, 15) is 9.59 Å². The summed E-state index contributed by atoms with van der Waals surface area (Å²) >= 11 is 5.95. The van der Waals surface area contributed by atoms with Crippen LogP contribution in [0.2, 0.25) is 5.15 Å². The summed E-state index contributed by atoms with van der Waals surface area (Å²) in [6.07, 6.45) is 0.560. The Kier molecular flexibility index (Phi) is 6.61. The van der Waals surface area contributed by atoms with Gasteiger partial charge in [0.2, 0.25) is 5.91 Å². The molecule has 2 N–H and O–H groups in total. The summed E-state index contributed by atoms with van der Waals surface area (Å²) in [5.41, 5.74) is 0.376. The van der Waals surface area contributed by atoms with E-state index < -0.39 is 6.04 Å². The second-order valence-electron chi connectivity index (χ2n) is 5.70. The first kappa shape index (κ1) is 18.2. The van der Waals surface area contributed by atoms with Crippen LogP contribution in [0.3, 0.4) is 0 Å². The summed E-state index contributed by atoms with van der Waals surface area (Å²) < 4.78 is 0. The predicted octanol–water partition coefficient (Wildman–Crippen LogP) is 1.69. The first-order chi connectivity index (χ1) is 10.2. The molecule has 2 amide bonds. The van der Waals surface area contributed by atoms with Crippen molar-refractivity contribution in [2.45, 2.75) is 26.3 Å². The van der Waals surface area contributed by atoms with Gasteiger partial charge in [-0.05, 0) is 24.5 Å². The molecule has 1 heterocycles. The number of likely N-dealkylation sites (N-methyl/N-ethyl adjacent to an activating group) is 1. The standard InChI is InChI=1S/C15H23ClN4O2/c1-9(2)6-11(15(22)17-3)18-14(21)10-7-12(16)19-13(8-10)20(4)5/h7-9,11H,6H2,1-5H3,(H,17,22)(H,18,21). The summed E-state index contributed by atoms with van der Waals surface area (Å²) in [6, 6.07) is 2.55. The second-order valence-corrected chi connectivity index (χ2v) is 6.09. The number of hydrogen-bond donors (Lipinski definition) is 2. The van der Waals surface area contributed by atoms with Crippen molar-refractivity contribution in [3.8, 4) is 0 Å². The summed E-state index contributed by atoms with van der Waals surface area (Å²) in [5, 5.41) is 5.55. The molecule has 7 heteroatoms. The molecule has 1 aromatic rings. The van der Waals surface area contributed by atoms with Gasteiger partial charge in [0.05, 0.1) is 0 Å². The zero-order chi connectivity index (χ0) is 16.9. The number of nitrogens with zero attached hydrogens (tertiary/aromatic N) is 2. The van der Waals surface area contributed by atoms with E-state index in [1.165, 1.54) is 6.07 Å². The normalized spacial score (nSPS) is 12.0. The number of carbonyl (C=O) groups is 2. The van der Waals surface area contributed by atoms with Crippen LogP contribution >= 0.6 is 11.6 Å². The highest BCUT2D eigenvalue weighted by atomic mass is 35.5. The van der Waals surface area contributed by atoms with E-state index in [0.29, 0.717) is 17.8 Å². The number of pyridine rings is 1. The van der Waals surface area contributed by atoms with Gasteiger partial charge in [-0.1, -0.05) is 25.4 Å². The molecular formula is C15H23ClN4O2. The van der Waals surface area contributed by atoms with Gasteiger partial charge in [-0.25, -0.2) is 4.98 Å². The maximum atomic E-state index is 12.4. The number of rotatable bonds is 6. The van der Waals surface area contributed by atoms with Gasteiger partial charge in [-0.15, -0.1) is 0 Å². The van der Waals surface area contributed by atoms with E-state index in [0.717, 1.165) is 0 Å². The Balaban J connectivity index is 2.96. The number of halogens is 1. The molecular weight excluding hydrogens is 304 g/mol. The molecule has 6 nitrogen and oxygen atoms in total. The Labute approximate surface area is 136 Å². The Morgan fingerprint density at radius 3 is 2.45 bits per heavy atom. The lowest BCUT2D eigenvalue weighted by molar-refractivity contribution is -0.122. The second kappa shape index (κ2) is 7.98. The molecule has 0 spiro atoms. The summed E-state index contributed by atoms with van der Waals surface area (Å²) in [6.45, 7) is 3.99. The lowest BCUT2D eigenvalue weighted by atomic mass is 10.0. The number of hydrogen-bond acceptors (Lipinski definition) is 4. The first-order valence-corrected chi connectivity index (χ1v) is 7.49. The molecule has 1 atom stereocenters. The van der Waals surface area contributed by atoms with Crippen LogP contribution in [-0.2, 0) is 4.79 Å². The van der Waals surface area contributed by atoms with Gasteiger partial charge in [0.1, 0.15) is 17.0 Å². The summed E-state index contributed by atoms with van der Waals surface area (Å²) in [7, 11) is 5.17. The molecule has 0 saturated heterocycles. The predicted molar refractivity (Wildman–Crippen MR) is 88.3 cm³/mol. The van der Waals surface area contributed by atoms with Crippen molar-refractivity contribution in [3.05, 3.63) is 22.8 Å². The molecule has 1 rings (SSSR count). The van der Waals surface area contributed by atoms with Gasteiger partial charge in [0, 0.05) is 26.7 Å². The maximum Gasteiger partial charge on any atom is 0.252 e. The third kappa shape index (κ3) is 5.18. The fraction of sp³-hybridized carbons (Fsp3) is 0.533. The van der Waals surface area contributed by atoms with Gasteiger partial charge in [-0.2, -0.15) is 0 Å². The number of aromatic nitrogens is 1. The SMILES string of the molecule is CNC(=O)C(CC(C)C)NC(=O)c1cc(Cl)nc(N(C)C)c1. The van der Waals surface area contributed by atoms with E-state index in [4.69, 9.17) is 11.6 Å². The fourth-order valence-corrected chi connectivity index (χ4v) is 2.17. The minimum absolute atomic E-state index is 0.213. The molecule has 0 aliphatic carbocycles. The first-order valence-electron chi connectivity index (χ1n) is 7.12. The Hall–Kier alpha value is -1.82. The molecule has 0 aromatic carbocycles. The van der Waals surface area contributed by atoms with E-state index in [1.807, 2.05) is 27.9 Å². The molecule has 1 aromatic heterocycles. The monoisotopic (exact) mass is 326 g/mol. The largest absolute Gasteiger partial charge is 0.363 e. The van der Waals surface area contributed by atoms with Crippen molar-refractivity contribution in [1.29, 1.82) is 0 Å². The average Bonchev–Trinajstić information content (AvgIpc) is 2.44. The quantitative estimate of drug-likeness (QED) is 0.780. The van der Waals surface area contributed by atoms with Gasteiger partial charge >= 0.3 is 0 Å². The Bertz CT molecular complexity index is 546. The van der Waals surface area contributed by atoms with Crippen LogP contribution in [0.15, 0.2) is 12.1 Å². The molecule has 0 saturated carbocycles. The number of carbonyl (C=O) groups excluding carboxylic acids is 2. The van der Waals surface area contributed by atoms with E-state index in [1.54, 1.807) is 18.0 Å². The highest BCUT2D eigenvalue weighted by Crippen LogP contribution is 2.17. The molecule has 0 radical (unpaired) electrons. The smallest absolute Gasteiger partial charge is 0.252 e. The molecule has 1 unspecified atom stereocenters. The van der Waals surface area contributed by atoms with Crippen molar-refractivity contribution in [2.24, 2.45) is 5.92 Å². The lowest BCUT2D eigenvalue weighted by Crippen LogP contribution is -2.46. The average molecular weight is 327 g/mol. The zero-order valence-electron chi connectivity index (χ0n) is 13.6. The van der Waals surface area contributed by atoms with Crippen molar-refractivity contribution >= 4 is 29.2 Å².